The first-order valence-corrected chi connectivity index (χ1v) is 7.80. The van der Waals surface area contributed by atoms with Crippen LogP contribution in [0.3, 0.4) is 0 Å². The van der Waals surface area contributed by atoms with Gasteiger partial charge in [0, 0.05) is 41.0 Å². The van der Waals surface area contributed by atoms with Gasteiger partial charge in [0.05, 0.1) is 5.69 Å². The molecule has 1 amide bonds. The summed E-state index contributed by atoms with van der Waals surface area (Å²) in [6.07, 6.45) is 3.44. The summed E-state index contributed by atoms with van der Waals surface area (Å²) in [5.74, 6) is -0.118. The van der Waals surface area contributed by atoms with Gasteiger partial charge in [0.25, 0.3) is 5.91 Å². The first kappa shape index (κ1) is 14.7. The molecule has 0 fully saturated rings. The van der Waals surface area contributed by atoms with Crippen LogP contribution in [0.2, 0.25) is 5.02 Å². The van der Waals surface area contributed by atoms with E-state index in [0.717, 1.165) is 11.3 Å². The minimum atomic E-state index is -0.118. The van der Waals surface area contributed by atoms with Crippen molar-refractivity contribution in [2.45, 2.75) is 0 Å². The van der Waals surface area contributed by atoms with E-state index in [2.05, 4.69) is 9.97 Å². The largest absolute Gasteiger partial charge is 0.287 e. The maximum atomic E-state index is 12.4. The number of rotatable bonds is 3. The summed E-state index contributed by atoms with van der Waals surface area (Å²) in [7, 11) is 1.71. The summed E-state index contributed by atoms with van der Waals surface area (Å²) in [6, 6.07) is 10.6. The number of halogens is 1. The van der Waals surface area contributed by atoms with Crippen molar-refractivity contribution in [3.8, 4) is 11.3 Å². The Morgan fingerprint density at radius 2 is 1.82 bits per heavy atom. The van der Waals surface area contributed by atoms with Crippen molar-refractivity contribution < 1.29 is 4.79 Å². The monoisotopic (exact) mass is 329 g/mol. The Bertz CT molecular complexity index is 787. The maximum Gasteiger partial charge on any atom is 0.259 e. The van der Waals surface area contributed by atoms with Crippen LogP contribution in [-0.4, -0.2) is 22.9 Å². The molecular formula is C16H12ClN3OS. The Labute approximate surface area is 137 Å². The number of pyridine rings is 1. The van der Waals surface area contributed by atoms with Gasteiger partial charge in [-0.25, -0.2) is 4.98 Å². The fourth-order valence-corrected chi connectivity index (χ4v) is 2.87. The molecule has 22 heavy (non-hydrogen) atoms. The molecule has 110 valence electrons. The molecule has 0 bridgehead atoms. The van der Waals surface area contributed by atoms with E-state index in [9.17, 15) is 4.79 Å². The zero-order chi connectivity index (χ0) is 15.5. The second-order valence-corrected chi connectivity index (χ2v) is 5.90. The Balaban J connectivity index is 1.83. The van der Waals surface area contributed by atoms with Crippen molar-refractivity contribution in [2.24, 2.45) is 0 Å². The average Bonchev–Trinajstić information content (AvgIpc) is 3.05. The van der Waals surface area contributed by atoms with E-state index in [0.29, 0.717) is 15.7 Å². The lowest BCUT2D eigenvalue weighted by Crippen LogP contribution is -2.25. The summed E-state index contributed by atoms with van der Waals surface area (Å²) < 4.78 is 0. The molecule has 0 atom stereocenters. The molecule has 2 aromatic heterocycles. The van der Waals surface area contributed by atoms with Crippen molar-refractivity contribution in [3.63, 3.8) is 0 Å². The average molecular weight is 330 g/mol. The molecule has 0 aliphatic carbocycles. The number of nitrogens with zero attached hydrogens (tertiary/aromatic N) is 3. The van der Waals surface area contributed by atoms with Gasteiger partial charge in [-0.05, 0) is 36.4 Å². The number of amides is 1. The molecule has 0 N–H and O–H groups in total. The molecule has 2 heterocycles. The van der Waals surface area contributed by atoms with E-state index in [1.165, 1.54) is 11.3 Å². The van der Waals surface area contributed by atoms with Crippen molar-refractivity contribution in [1.82, 2.24) is 9.97 Å². The normalized spacial score (nSPS) is 10.5. The molecule has 0 radical (unpaired) electrons. The molecule has 0 aliphatic rings. The smallest absolute Gasteiger partial charge is 0.259 e. The van der Waals surface area contributed by atoms with Gasteiger partial charge in [-0.2, -0.15) is 0 Å². The third-order valence-electron chi connectivity index (χ3n) is 3.15. The topological polar surface area (TPSA) is 46.1 Å². The Kier molecular flexibility index (Phi) is 4.18. The van der Waals surface area contributed by atoms with Crippen molar-refractivity contribution >= 4 is 34.0 Å². The van der Waals surface area contributed by atoms with Crippen LogP contribution in [0.5, 0.6) is 0 Å². The first-order chi connectivity index (χ1) is 10.6. The van der Waals surface area contributed by atoms with Crippen LogP contribution in [0.25, 0.3) is 11.3 Å². The van der Waals surface area contributed by atoms with E-state index in [1.807, 2.05) is 17.5 Å². The summed E-state index contributed by atoms with van der Waals surface area (Å²) in [4.78, 5) is 22.5. The molecule has 3 aromatic rings. The Hall–Kier alpha value is -2.24. The fraction of sp³-hybridized carbons (Fsp3) is 0.0625. The molecule has 0 spiro atoms. The number of aromatic nitrogens is 2. The van der Waals surface area contributed by atoms with Gasteiger partial charge in [-0.1, -0.05) is 11.6 Å². The number of carbonyl (C=O) groups is 1. The van der Waals surface area contributed by atoms with E-state index >= 15 is 0 Å². The van der Waals surface area contributed by atoms with Crippen molar-refractivity contribution in [1.29, 1.82) is 0 Å². The Morgan fingerprint density at radius 1 is 1.14 bits per heavy atom. The van der Waals surface area contributed by atoms with Crippen molar-refractivity contribution in [3.05, 3.63) is 64.8 Å². The van der Waals surface area contributed by atoms with E-state index in [1.54, 1.807) is 48.6 Å². The summed E-state index contributed by atoms with van der Waals surface area (Å²) in [5, 5.41) is 3.18. The van der Waals surface area contributed by atoms with Crippen molar-refractivity contribution in [2.75, 3.05) is 11.9 Å². The van der Waals surface area contributed by atoms with Crippen LogP contribution in [0.4, 0.5) is 5.13 Å². The summed E-state index contributed by atoms with van der Waals surface area (Å²) in [5.41, 5.74) is 2.38. The quantitative estimate of drug-likeness (QED) is 0.725. The molecule has 3 rings (SSSR count). The van der Waals surface area contributed by atoms with Gasteiger partial charge in [0.2, 0.25) is 0 Å². The predicted octanol–water partition coefficient (Wildman–Crippen LogP) is 4.14. The number of carbonyl (C=O) groups excluding carboxylic acids is 1. The minimum Gasteiger partial charge on any atom is -0.287 e. The lowest BCUT2D eigenvalue weighted by Gasteiger charge is -2.13. The number of thiazole rings is 1. The van der Waals surface area contributed by atoms with Gasteiger partial charge < -0.3 is 0 Å². The summed E-state index contributed by atoms with van der Waals surface area (Å²) >= 11 is 7.27. The van der Waals surface area contributed by atoms with Crippen LogP contribution >= 0.6 is 22.9 Å². The molecule has 0 saturated carbocycles. The highest BCUT2D eigenvalue weighted by molar-refractivity contribution is 7.14. The molecule has 0 aliphatic heterocycles. The standard InChI is InChI=1S/C16H12ClN3OS/c1-20(15(21)12-2-4-13(17)5-3-12)16-19-14(10-22-16)11-6-8-18-9-7-11/h2-10H,1H3. The highest BCUT2D eigenvalue weighted by atomic mass is 35.5. The van der Waals surface area contributed by atoms with Gasteiger partial charge >= 0.3 is 0 Å². The number of hydrogen-bond acceptors (Lipinski definition) is 4. The highest BCUT2D eigenvalue weighted by Crippen LogP contribution is 2.27. The van der Waals surface area contributed by atoms with E-state index in [-0.39, 0.29) is 5.91 Å². The number of benzene rings is 1. The van der Waals surface area contributed by atoms with Crippen LogP contribution in [0, 0.1) is 0 Å². The van der Waals surface area contributed by atoms with Crippen LogP contribution in [0.1, 0.15) is 10.4 Å². The molecule has 0 unspecified atom stereocenters. The molecule has 0 saturated heterocycles. The van der Waals surface area contributed by atoms with Gasteiger partial charge in [0.15, 0.2) is 5.13 Å². The lowest BCUT2D eigenvalue weighted by molar-refractivity contribution is 0.0993. The second kappa shape index (κ2) is 6.25. The zero-order valence-corrected chi connectivity index (χ0v) is 13.3. The van der Waals surface area contributed by atoms with Crippen LogP contribution in [0.15, 0.2) is 54.2 Å². The Morgan fingerprint density at radius 3 is 2.50 bits per heavy atom. The second-order valence-electron chi connectivity index (χ2n) is 4.62. The number of anilines is 1. The van der Waals surface area contributed by atoms with E-state index < -0.39 is 0 Å². The predicted molar refractivity (Wildman–Crippen MR) is 89.5 cm³/mol. The van der Waals surface area contributed by atoms with Crippen LogP contribution in [-0.2, 0) is 0 Å². The zero-order valence-electron chi connectivity index (χ0n) is 11.7. The highest BCUT2D eigenvalue weighted by Gasteiger charge is 2.16. The molecule has 1 aromatic carbocycles. The molecular weight excluding hydrogens is 318 g/mol. The van der Waals surface area contributed by atoms with Gasteiger partial charge in [0.1, 0.15) is 0 Å². The molecule has 4 nitrogen and oxygen atoms in total. The molecule has 6 heteroatoms. The lowest BCUT2D eigenvalue weighted by atomic mass is 10.2. The van der Waals surface area contributed by atoms with Gasteiger partial charge in [-0.15, -0.1) is 11.3 Å². The first-order valence-electron chi connectivity index (χ1n) is 6.55. The third kappa shape index (κ3) is 3.00. The SMILES string of the molecule is CN(C(=O)c1ccc(Cl)cc1)c1nc(-c2ccncc2)cs1. The minimum absolute atomic E-state index is 0.118. The van der Waals surface area contributed by atoms with E-state index in [4.69, 9.17) is 11.6 Å². The van der Waals surface area contributed by atoms with Gasteiger partial charge in [-0.3, -0.25) is 14.7 Å². The third-order valence-corrected chi connectivity index (χ3v) is 4.32. The fourth-order valence-electron chi connectivity index (χ4n) is 1.95. The van der Waals surface area contributed by atoms with Crippen LogP contribution < -0.4 is 4.90 Å². The maximum absolute atomic E-state index is 12.4. The summed E-state index contributed by atoms with van der Waals surface area (Å²) in [6.45, 7) is 0. The number of hydrogen-bond donors (Lipinski definition) is 0.